The molecule has 0 spiro atoms. The van der Waals surface area contributed by atoms with Crippen LogP contribution in [0, 0.1) is 5.92 Å². The van der Waals surface area contributed by atoms with Gasteiger partial charge in [0.25, 0.3) is 0 Å². The van der Waals surface area contributed by atoms with E-state index < -0.39 is 0 Å². The number of ketones is 1. The highest BCUT2D eigenvalue weighted by atomic mass is 35.5. The van der Waals surface area contributed by atoms with E-state index >= 15 is 0 Å². The highest BCUT2D eigenvalue weighted by Crippen LogP contribution is 2.28. The average Bonchev–Trinajstić information content (AvgIpc) is 2.45. The van der Waals surface area contributed by atoms with E-state index in [1.54, 1.807) is 0 Å². The zero-order valence-electron chi connectivity index (χ0n) is 13.9. The molecule has 0 aliphatic heterocycles. The van der Waals surface area contributed by atoms with E-state index in [1.807, 2.05) is 6.08 Å². The van der Waals surface area contributed by atoms with Crippen LogP contribution < -0.4 is 5.73 Å². The first-order valence-electron chi connectivity index (χ1n) is 8.18. The standard InChI is InChI=1S/C17H31NO2.ClH/c1-5-8-9-16(19)13-10-15(18)12(4)17(11-13)20-14(6-2)7-3;/h11-12,14-15,17H,5-10,18H2,1-4H3;1H/t12-,15+,17-;/m1./s1. The maximum absolute atomic E-state index is 12.2. The van der Waals surface area contributed by atoms with E-state index in [9.17, 15) is 4.79 Å². The van der Waals surface area contributed by atoms with Gasteiger partial charge in [-0.05, 0) is 37.3 Å². The van der Waals surface area contributed by atoms with Crippen molar-refractivity contribution in [2.75, 3.05) is 0 Å². The van der Waals surface area contributed by atoms with Crippen molar-refractivity contribution in [3.8, 4) is 0 Å². The van der Waals surface area contributed by atoms with Crippen molar-refractivity contribution >= 4 is 18.2 Å². The van der Waals surface area contributed by atoms with E-state index in [1.165, 1.54) is 0 Å². The van der Waals surface area contributed by atoms with Gasteiger partial charge >= 0.3 is 0 Å². The lowest BCUT2D eigenvalue weighted by Gasteiger charge is -2.34. The molecule has 0 heterocycles. The minimum absolute atomic E-state index is 0. The van der Waals surface area contributed by atoms with E-state index in [2.05, 4.69) is 27.7 Å². The Morgan fingerprint density at radius 1 is 1.38 bits per heavy atom. The minimum atomic E-state index is -0.00998. The van der Waals surface area contributed by atoms with Crippen molar-refractivity contribution in [2.45, 2.75) is 84.5 Å². The first-order valence-corrected chi connectivity index (χ1v) is 8.18. The predicted octanol–water partition coefficient (Wildman–Crippen LogP) is 4.03. The summed E-state index contributed by atoms with van der Waals surface area (Å²) in [6.45, 7) is 8.51. The van der Waals surface area contributed by atoms with Crippen molar-refractivity contribution in [1.29, 1.82) is 0 Å². The van der Waals surface area contributed by atoms with E-state index in [0.717, 1.165) is 31.3 Å². The third-order valence-corrected chi connectivity index (χ3v) is 4.39. The molecule has 4 heteroatoms. The van der Waals surface area contributed by atoms with Crippen LogP contribution in [0.3, 0.4) is 0 Å². The van der Waals surface area contributed by atoms with Crippen molar-refractivity contribution < 1.29 is 9.53 Å². The predicted molar refractivity (Wildman–Crippen MR) is 90.9 cm³/mol. The lowest BCUT2D eigenvalue weighted by Crippen LogP contribution is -2.42. The van der Waals surface area contributed by atoms with Crippen molar-refractivity contribution in [1.82, 2.24) is 0 Å². The Bertz CT molecular complexity index is 340. The Morgan fingerprint density at radius 2 is 2.00 bits per heavy atom. The molecule has 3 atom stereocenters. The summed E-state index contributed by atoms with van der Waals surface area (Å²) in [4.78, 5) is 12.2. The second-order valence-electron chi connectivity index (χ2n) is 5.98. The van der Waals surface area contributed by atoms with Crippen LogP contribution in [0.5, 0.6) is 0 Å². The fourth-order valence-electron chi connectivity index (χ4n) is 2.67. The number of carbonyl (C=O) groups excluding carboxylic acids is 1. The van der Waals surface area contributed by atoms with Crippen molar-refractivity contribution in [3.05, 3.63) is 11.6 Å². The number of ether oxygens (including phenoxy) is 1. The van der Waals surface area contributed by atoms with Crippen LogP contribution in [0.15, 0.2) is 11.6 Å². The fourth-order valence-corrected chi connectivity index (χ4v) is 2.67. The van der Waals surface area contributed by atoms with Gasteiger partial charge in [-0.1, -0.05) is 34.1 Å². The van der Waals surface area contributed by atoms with Gasteiger partial charge < -0.3 is 10.5 Å². The van der Waals surface area contributed by atoms with Gasteiger partial charge in [0.15, 0.2) is 5.78 Å². The molecule has 2 N–H and O–H groups in total. The third-order valence-electron chi connectivity index (χ3n) is 4.39. The highest BCUT2D eigenvalue weighted by molar-refractivity contribution is 5.95. The molecule has 21 heavy (non-hydrogen) atoms. The van der Waals surface area contributed by atoms with E-state index in [-0.39, 0.29) is 42.4 Å². The molecule has 0 aromatic heterocycles. The second kappa shape index (κ2) is 10.4. The largest absolute Gasteiger partial charge is 0.371 e. The second-order valence-corrected chi connectivity index (χ2v) is 5.98. The molecule has 0 amide bonds. The summed E-state index contributed by atoms with van der Waals surface area (Å²) in [6.07, 6.45) is 7.65. The SMILES string of the molecule is CCCCC(=O)C1=C[C@@H](OC(CC)CC)[C@H](C)[C@@H](N)C1.Cl. The number of hydrogen-bond acceptors (Lipinski definition) is 3. The number of hydrogen-bond donors (Lipinski definition) is 1. The Hall–Kier alpha value is -0.380. The van der Waals surface area contributed by atoms with E-state index in [0.29, 0.717) is 12.8 Å². The topological polar surface area (TPSA) is 52.3 Å². The van der Waals surface area contributed by atoms with Gasteiger partial charge in [-0.15, -0.1) is 12.4 Å². The monoisotopic (exact) mass is 317 g/mol. The average molecular weight is 318 g/mol. The summed E-state index contributed by atoms with van der Waals surface area (Å²) in [5.41, 5.74) is 7.10. The number of rotatable bonds is 8. The molecule has 1 aliphatic carbocycles. The fraction of sp³-hybridized carbons (Fsp3) is 0.824. The molecule has 0 aromatic rings. The molecule has 0 fully saturated rings. The van der Waals surface area contributed by atoms with Crippen molar-refractivity contribution in [3.63, 3.8) is 0 Å². The van der Waals surface area contributed by atoms with Crippen LogP contribution in [0.2, 0.25) is 0 Å². The number of nitrogens with two attached hydrogens (primary N) is 1. The molecule has 0 bridgehead atoms. The Morgan fingerprint density at radius 3 is 2.52 bits per heavy atom. The van der Waals surface area contributed by atoms with Gasteiger partial charge in [0.2, 0.25) is 0 Å². The Balaban J connectivity index is 0.00000400. The minimum Gasteiger partial charge on any atom is -0.371 e. The highest BCUT2D eigenvalue weighted by Gasteiger charge is 2.31. The molecule has 0 radical (unpaired) electrons. The first kappa shape index (κ1) is 20.6. The Labute approximate surface area is 136 Å². The maximum atomic E-state index is 12.2. The quantitative estimate of drug-likeness (QED) is 0.735. The normalized spacial score (nSPS) is 25.4. The smallest absolute Gasteiger partial charge is 0.158 e. The molecule has 0 saturated carbocycles. The number of unbranched alkanes of at least 4 members (excludes halogenated alkanes) is 1. The van der Waals surface area contributed by atoms with Gasteiger partial charge in [0.05, 0.1) is 12.2 Å². The molecular formula is C17H32ClNO2. The van der Waals surface area contributed by atoms with E-state index in [4.69, 9.17) is 10.5 Å². The van der Waals surface area contributed by atoms with Crippen LogP contribution in [0.4, 0.5) is 0 Å². The van der Waals surface area contributed by atoms with Gasteiger partial charge in [-0.3, -0.25) is 4.79 Å². The van der Waals surface area contributed by atoms with Crippen molar-refractivity contribution in [2.24, 2.45) is 11.7 Å². The molecule has 0 unspecified atom stereocenters. The molecule has 1 rings (SSSR count). The van der Waals surface area contributed by atoms with Gasteiger partial charge in [-0.2, -0.15) is 0 Å². The summed E-state index contributed by atoms with van der Waals surface area (Å²) < 4.78 is 6.15. The zero-order chi connectivity index (χ0) is 15.1. The number of carbonyl (C=O) groups is 1. The van der Waals surface area contributed by atoms with Crippen LogP contribution in [0.25, 0.3) is 0 Å². The summed E-state index contributed by atoms with van der Waals surface area (Å²) in [5, 5.41) is 0. The maximum Gasteiger partial charge on any atom is 0.158 e. The van der Waals surface area contributed by atoms with Crippen LogP contribution in [-0.2, 0) is 9.53 Å². The molecule has 1 aliphatic rings. The third kappa shape index (κ3) is 6.09. The zero-order valence-corrected chi connectivity index (χ0v) is 14.7. The number of Topliss-reactive ketones (excluding diaryl/α,β-unsaturated/α-hetero) is 1. The lowest BCUT2D eigenvalue weighted by atomic mass is 9.82. The van der Waals surface area contributed by atoms with Crippen LogP contribution >= 0.6 is 12.4 Å². The Kier molecular flexibility index (Phi) is 10.2. The summed E-state index contributed by atoms with van der Waals surface area (Å²) >= 11 is 0. The first-order chi connectivity index (χ1) is 9.53. The molecule has 0 saturated heterocycles. The molecule has 0 aromatic carbocycles. The van der Waals surface area contributed by atoms with Gasteiger partial charge in [-0.25, -0.2) is 0 Å². The summed E-state index contributed by atoms with van der Waals surface area (Å²) in [5.74, 6) is 0.533. The van der Waals surface area contributed by atoms with Crippen LogP contribution in [-0.4, -0.2) is 24.0 Å². The summed E-state index contributed by atoms with van der Waals surface area (Å²) in [6, 6.07) is 0.0277. The lowest BCUT2D eigenvalue weighted by molar-refractivity contribution is -0.116. The molecule has 3 nitrogen and oxygen atoms in total. The van der Waals surface area contributed by atoms with Crippen LogP contribution in [0.1, 0.15) is 66.2 Å². The molecular weight excluding hydrogens is 286 g/mol. The van der Waals surface area contributed by atoms with Gasteiger partial charge in [0, 0.05) is 18.4 Å². The molecule has 124 valence electrons. The van der Waals surface area contributed by atoms with Gasteiger partial charge in [0.1, 0.15) is 0 Å². The summed E-state index contributed by atoms with van der Waals surface area (Å²) in [7, 11) is 0. The number of halogens is 1.